The van der Waals surface area contributed by atoms with Gasteiger partial charge in [0, 0.05) is 18.7 Å². The number of hydrogen-bond donors (Lipinski definition) is 1. The average molecular weight is 290 g/mol. The lowest BCUT2D eigenvalue weighted by molar-refractivity contribution is -0.385. The second kappa shape index (κ2) is 6.32. The molecular weight excluding hydrogens is 275 g/mol. The second-order valence-corrected chi connectivity index (χ2v) is 4.66. The molecule has 110 valence electrons. The second-order valence-electron chi connectivity index (χ2n) is 4.66. The van der Waals surface area contributed by atoms with Crippen molar-refractivity contribution in [3.05, 3.63) is 63.5 Å². The number of nitro groups is 1. The third-order valence-corrected chi connectivity index (χ3v) is 2.85. The molecule has 0 atom stereocenters. The van der Waals surface area contributed by atoms with Crippen molar-refractivity contribution in [2.45, 2.75) is 13.5 Å². The van der Waals surface area contributed by atoms with E-state index in [0.717, 1.165) is 5.56 Å². The Morgan fingerprint density at radius 2 is 2.05 bits per heavy atom. The van der Waals surface area contributed by atoms with Crippen LogP contribution < -0.4 is 10.1 Å². The molecule has 21 heavy (non-hydrogen) atoms. The van der Waals surface area contributed by atoms with Crippen LogP contribution in [0.5, 0.6) is 11.5 Å². The van der Waals surface area contributed by atoms with Crippen molar-refractivity contribution in [1.82, 2.24) is 5.32 Å². The van der Waals surface area contributed by atoms with Crippen molar-refractivity contribution in [1.29, 1.82) is 0 Å². The monoisotopic (exact) mass is 290 g/mol. The van der Waals surface area contributed by atoms with Crippen LogP contribution in [0.25, 0.3) is 0 Å². The van der Waals surface area contributed by atoms with Crippen molar-refractivity contribution in [3.8, 4) is 11.5 Å². The van der Waals surface area contributed by atoms with Gasteiger partial charge in [-0.3, -0.25) is 10.1 Å². The highest BCUT2D eigenvalue weighted by atomic mass is 19.1. The molecule has 0 fully saturated rings. The van der Waals surface area contributed by atoms with Gasteiger partial charge in [-0.25, -0.2) is 4.39 Å². The maximum Gasteiger partial charge on any atom is 0.311 e. The number of hydrogen-bond acceptors (Lipinski definition) is 4. The van der Waals surface area contributed by atoms with Gasteiger partial charge in [0.15, 0.2) is 0 Å². The molecule has 0 heterocycles. The van der Waals surface area contributed by atoms with Gasteiger partial charge in [0.05, 0.1) is 4.92 Å². The third-order valence-electron chi connectivity index (χ3n) is 2.85. The van der Waals surface area contributed by atoms with Crippen LogP contribution in [0.15, 0.2) is 36.4 Å². The number of nitrogens with zero attached hydrogens (tertiary/aromatic N) is 1. The Morgan fingerprint density at radius 3 is 2.71 bits per heavy atom. The van der Waals surface area contributed by atoms with Crippen LogP contribution in [0.2, 0.25) is 0 Å². The van der Waals surface area contributed by atoms with Crippen LogP contribution >= 0.6 is 0 Å². The first kappa shape index (κ1) is 14.9. The number of rotatable bonds is 5. The lowest BCUT2D eigenvalue weighted by Crippen LogP contribution is -2.05. The van der Waals surface area contributed by atoms with E-state index in [1.165, 1.54) is 18.2 Å². The van der Waals surface area contributed by atoms with E-state index in [0.29, 0.717) is 12.1 Å². The summed E-state index contributed by atoms with van der Waals surface area (Å²) in [6, 6.07) is 8.78. The lowest BCUT2D eigenvalue weighted by Gasteiger charge is -2.09. The fourth-order valence-corrected chi connectivity index (χ4v) is 1.97. The summed E-state index contributed by atoms with van der Waals surface area (Å²) in [4.78, 5) is 10.5. The molecule has 0 spiro atoms. The van der Waals surface area contributed by atoms with Gasteiger partial charge < -0.3 is 10.1 Å². The summed E-state index contributed by atoms with van der Waals surface area (Å²) in [7, 11) is 1.75. The van der Waals surface area contributed by atoms with Crippen LogP contribution in [-0.2, 0) is 6.54 Å². The molecule has 2 aromatic rings. The standard InChI is InChI=1S/C15H15FN2O3/c1-10-3-4-14(18(19)20)15(5-10)21-13-7-11(9-17-2)6-12(16)8-13/h3-8,17H,9H2,1-2H3. The number of ether oxygens (including phenoxy) is 1. The lowest BCUT2D eigenvalue weighted by atomic mass is 10.2. The molecule has 0 saturated heterocycles. The van der Waals surface area contributed by atoms with Gasteiger partial charge in [0.2, 0.25) is 5.75 Å². The highest BCUT2D eigenvalue weighted by Gasteiger charge is 2.16. The average Bonchev–Trinajstić information content (AvgIpc) is 2.38. The molecule has 0 aliphatic carbocycles. The van der Waals surface area contributed by atoms with E-state index in [-0.39, 0.29) is 17.2 Å². The Bertz CT molecular complexity index is 674. The van der Waals surface area contributed by atoms with Gasteiger partial charge in [0.25, 0.3) is 0 Å². The van der Waals surface area contributed by atoms with Crippen molar-refractivity contribution >= 4 is 5.69 Å². The minimum Gasteiger partial charge on any atom is -0.450 e. The van der Waals surface area contributed by atoms with Gasteiger partial charge >= 0.3 is 5.69 Å². The minimum absolute atomic E-state index is 0.0982. The Balaban J connectivity index is 2.37. The number of halogens is 1. The predicted molar refractivity (Wildman–Crippen MR) is 77.1 cm³/mol. The van der Waals surface area contributed by atoms with Gasteiger partial charge in [0.1, 0.15) is 11.6 Å². The van der Waals surface area contributed by atoms with Crippen LogP contribution in [0, 0.1) is 22.9 Å². The van der Waals surface area contributed by atoms with Crippen molar-refractivity contribution in [3.63, 3.8) is 0 Å². The molecule has 5 nitrogen and oxygen atoms in total. The Kier molecular flexibility index (Phi) is 4.49. The maximum atomic E-state index is 13.6. The highest BCUT2D eigenvalue weighted by molar-refractivity contribution is 5.50. The Labute approximate surface area is 121 Å². The summed E-state index contributed by atoms with van der Waals surface area (Å²) in [6.07, 6.45) is 0. The van der Waals surface area contributed by atoms with E-state index in [2.05, 4.69) is 5.32 Å². The molecule has 0 saturated carbocycles. The summed E-state index contributed by atoms with van der Waals surface area (Å²) < 4.78 is 19.1. The van der Waals surface area contributed by atoms with E-state index < -0.39 is 10.7 Å². The van der Waals surface area contributed by atoms with Gasteiger partial charge in [-0.2, -0.15) is 0 Å². The van der Waals surface area contributed by atoms with E-state index >= 15 is 0 Å². The highest BCUT2D eigenvalue weighted by Crippen LogP contribution is 2.32. The number of aryl methyl sites for hydroxylation is 1. The molecule has 0 unspecified atom stereocenters. The first-order chi connectivity index (χ1) is 9.99. The number of nitrogens with one attached hydrogen (secondary N) is 1. The van der Waals surface area contributed by atoms with E-state index in [9.17, 15) is 14.5 Å². The molecule has 6 heteroatoms. The van der Waals surface area contributed by atoms with Crippen LogP contribution in [-0.4, -0.2) is 12.0 Å². The molecule has 1 N–H and O–H groups in total. The first-order valence-electron chi connectivity index (χ1n) is 6.36. The Hall–Kier alpha value is -2.47. The van der Waals surface area contributed by atoms with Crippen molar-refractivity contribution in [2.75, 3.05) is 7.05 Å². The maximum absolute atomic E-state index is 13.6. The summed E-state index contributed by atoms with van der Waals surface area (Å²) in [5.74, 6) is -0.122. The zero-order valence-corrected chi connectivity index (χ0v) is 11.7. The first-order valence-corrected chi connectivity index (χ1v) is 6.36. The molecule has 0 aliphatic heterocycles. The van der Waals surface area contributed by atoms with E-state index in [1.807, 2.05) is 0 Å². The summed E-state index contributed by atoms with van der Waals surface area (Å²) in [6.45, 7) is 2.28. The van der Waals surface area contributed by atoms with Gasteiger partial charge in [-0.05, 0) is 43.3 Å². The summed E-state index contributed by atoms with van der Waals surface area (Å²) in [5.41, 5.74) is 1.37. The zero-order valence-electron chi connectivity index (χ0n) is 11.7. The molecule has 2 aromatic carbocycles. The molecular formula is C15H15FN2O3. The molecule has 0 radical (unpaired) electrons. The summed E-state index contributed by atoms with van der Waals surface area (Å²) in [5, 5.41) is 13.9. The van der Waals surface area contributed by atoms with Crippen LogP contribution in [0.4, 0.5) is 10.1 Å². The zero-order chi connectivity index (χ0) is 15.4. The molecule has 2 rings (SSSR count). The number of nitro benzene ring substituents is 1. The van der Waals surface area contributed by atoms with E-state index in [1.54, 1.807) is 32.2 Å². The fraction of sp³-hybridized carbons (Fsp3) is 0.200. The SMILES string of the molecule is CNCc1cc(F)cc(Oc2cc(C)ccc2[N+](=O)[O-])c1. The fourth-order valence-electron chi connectivity index (χ4n) is 1.97. The van der Waals surface area contributed by atoms with Gasteiger partial charge in [-0.1, -0.05) is 6.07 Å². The van der Waals surface area contributed by atoms with Gasteiger partial charge in [-0.15, -0.1) is 0 Å². The van der Waals surface area contributed by atoms with Crippen LogP contribution in [0.1, 0.15) is 11.1 Å². The molecule has 0 bridgehead atoms. The smallest absolute Gasteiger partial charge is 0.311 e. The molecule has 0 aliphatic rings. The quantitative estimate of drug-likeness (QED) is 0.675. The minimum atomic E-state index is -0.525. The molecule has 0 aromatic heterocycles. The molecule has 0 amide bonds. The topological polar surface area (TPSA) is 64.4 Å². The normalized spacial score (nSPS) is 10.4. The number of benzene rings is 2. The van der Waals surface area contributed by atoms with E-state index in [4.69, 9.17) is 4.74 Å². The largest absolute Gasteiger partial charge is 0.450 e. The Morgan fingerprint density at radius 1 is 1.29 bits per heavy atom. The van der Waals surface area contributed by atoms with Crippen molar-refractivity contribution in [2.24, 2.45) is 0 Å². The third kappa shape index (κ3) is 3.76. The predicted octanol–water partition coefficient (Wildman–Crippen LogP) is 3.55. The van der Waals surface area contributed by atoms with Crippen molar-refractivity contribution < 1.29 is 14.1 Å². The van der Waals surface area contributed by atoms with Crippen LogP contribution in [0.3, 0.4) is 0 Å². The summed E-state index contributed by atoms with van der Waals surface area (Å²) >= 11 is 0.